The zero-order valence-electron chi connectivity index (χ0n) is 10.4. The molecular weight excluding hydrogens is 270 g/mol. The summed E-state index contributed by atoms with van der Waals surface area (Å²) in [6.45, 7) is 0. The number of hydrogen-bond donors (Lipinski definition) is 2. The second kappa shape index (κ2) is 5.18. The van der Waals surface area contributed by atoms with E-state index in [4.69, 9.17) is 18.0 Å². The summed E-state index contributed by atoms with van der Waals surface area (Å²) in [5.74, 6) is 0.458. The van der Waals surface area contributed by atoms with Crippen molar-refractivity contribution in [1.82, 2.24) is 15.0 Å². The van der Waals surface area contributed by atoms with E-state index in [1.54, 1.807) is 18.5 Å². The summed E-state index contributed by atoms with van der Waals surface area (Å²) in [6, 6.07) is 9.53. The second-order valence-corrected chi connectivity index (χ2v) is 4.60. The zero-order valence-corrected chi connectivity index (χ0v) is 11.3. The molecule has 5 nitrogen and oxygen atoms in total. The van der Waals surface area contributed by atoms with Gasteiger partial charge in [-0.2, -0.15) is 0 Å². The molecule has 0 bridgehead atoms. The third-order valence-corrected chi connectivity index (χ3v) is 3.04. The molecule has 0 radical (unpaired) electrons. The minimum Gasteiger partial charge on any atom is -0.388 e. The average Bonchev–Trinajstić information content (AvgIpc) is 2.48. The number of thiocarbonyl (C=S) groups is 1. The molecule has 98 valence electrons. The van der Waals surface area contributed by atoms with Crippen molar-refractivity contribution in [3.05, 3.63) is 54.6 Å². The van der Waals surface area contributed by atoms with Gasteiger partial charge in [0.05, 0.1) is 0 Å². The molecule has 0 fully saturated rings. The number of nitrogens with two attached hydrogens (primary N) is 1. The van der Waals surface area contributed by atoms with Gasteiger partial charge in [-0.15, -0.1) is 0 Å². The normalized spacial score (nSPS) is 10.4. The van der Waals surface area contributed by atoms with E-state index in [2.05, 4.69) is 20.3 Å². The fourth-order valence-corrected chi connectivity index (χ4v) is 2.02. The van der Waals surface area contributed by atoms with Crippen LogP contribution in [0.25, 0.3) is 10.8 Å². The zero-order chi connectivity index (χ0) is 13.9. The summed E-state index contributed by atoms with van der Waals surface area (Å²) in [5, 5.41) is 5.27. The quantitative estimate of drug-likeness (QED) is 0.718. The molecule has 0 aliphatic rings. The van der Waals surface area contributed by atoms with Crippen LogP contribution in [0.5, 0.6) is 0 Å². The SMILES string of the molecule is NC(=S)c1ccnc(Nc2cccc3cnccc23)n1. The van der Waals surface area contributed by atoms with Crippen molar-refractivity contribution in [2.45, 2.75) is 0 Å². The van der Waals surface area contributed by atoms with Crippen molar-refractivity contribution < 1.29 is 0 Å². The van der Waals surface area contributed by atoms with Gasteiger partial charge in [-0.1, -0.05) is 24.4 Å². The fourth-order valence-electron chi connectivity index (χ4n) is 1.91. The van der Waals surface area contributed by atoms with E-state index in [9.17, 15) is 0 Å². The van der Waals surface area contributed by atoms with Gasteiger partial charge in [-0.3, -0.25) is 4.98 Å². The molecule has 3 N–H and O–H groups in total. The molecule has 3 rings (SSSR count). The highest BCUT2D eigenvalue weighted by Crippen LogP contribution is 2.24. The highest BCUT2D eigenvalue weighted by atomic mass is 32.1. The Bertz CT molecular complexity index is 782. The van der Waals surface area contributed by atoms with Gasteiger partial charge in [0.2, 0.25) is 5.95 Å². The van der Waals surface area contributed by atoms with Crippen molar-refractivity contribution in [2.75, 3.05) is 5.32 Å². The molecule has 0 atom stereocenters. The minimum absolute atomic E-state index is 0.248. The number of nitrogens with one attached hydrogen (secondary N) is 1. The first-order valence-electron chi connectivity index (χ1n) is 5.96. The number of anilines is 2. The van der Waals surface area contributed by atoms with E-state index in [0.717, 1.165) is 16.5 Å². The number of fused-ring (bicyclic) bond motifs is 1. The molecule has 0 saturated heterocycles. The molecule has 6 heteroatoms. The van der Waals surface area contributed by atoms with Crippen LogP contribution in [0.4, 0.5) is 11.6 Å². The Morgan fingerprint density at radius 1 is 1.15 bits per heavy atom. The van der Waals surface area contributed by atoms with Gasteiger partial charge in [0, 0.05) is 35.1 Å². The smallest absolute Gasteiger partial charge is 0.227 e. The summed E-state index contributed by atoms with van der Waals surface area (Å²) in [5.41, 5.74) is 7.02. The molecule has 0 saturated carbocycles. The van der Waals surface area contributed by atoms with E-state index in [1.807, 2.05) is 30.5 Å². The Hall–Kier alpha value is -2.60. The molecule has 0 spiro atoms. The minimum atomic E-state index is 0.248. The molecule has 0 unspecified atom stereocenters. The van der Waals surface area contributed by atoms with Crippen molar-refractivity contribution in [2.24, 2.45) is 5.73 Å². The summed E-state index contributed by atoms with van der Waals surface area (Å²) in [4.78, 5) is 12.8. The number of pyridine rings is 1. The highest BCUT2D eigenvalue weighted by molar-refractivity contribution is 7.80. The monoisotopic (exact) mass is 281 g/mol. The second-order valence-electron chi connectivity index (χ2n) is 4.16. The molecule has 2 heterocycles. The Balaban J connectivity index is 2.01. The van der Waals surface area contributed by atoms with E-state index in [-0.39, 0.29) is 4.99 Å². The Morgan fingerprint density at radius 2 is 2.05 bits per heavy atom. The van der Waals surface area contributed by atoms with Gasteiger partial charge in [0.15, 0.2) is 0 Å². The molecule has 3 aromatic rings. The van der Waals surface area contributed by atoms with E-state index < -0.39 is 0 Å². The van der Waals surface area contributed by atoms with Crippen LogP contribution in [-0.2, 0) is 0 Å². The lowest BCUT2D eigenvalue weighted by Crippen LogP contribution is -2.12. The molecule has 0 amide bonds. The van der Waals surface area contributed by atoms with Gasteiger partial charge in [0.1, 0.15) is 10.7 Å². The standard InChI is InChI=1S/C14H11N5S/c15-13(20)12-5-7-17-14(19-12)18-11-3-1-2-9-8-16-6-4-10(9)11/h1-8H,(H2,15,20)(H,17,18,19). The first kappa shape index (κ1) is 12.4. The van der Waals surface area contributed by atoms with Crippen LogP contribution in [0.3, 0.4) is 0 Å². The number of benzene rings is 1. The predicted octanol–water partition coefficient (Wildman–Crippen LogP) is 2.40. The van der Waals surface area contributed by atoms with Crippen LogP contribution in [0.15, 0.2) is 48.9 Å². The average molecular weight is 281 g/mol. The number of hydrogen-bond acceptors (Lipinski definition) is 5. The number of aromatic nitrogens is 3. The van der Waals surface area contributed by atoms with Crippen molar-refractivity contribution in [1.29, 1.82) is 0 Å². The van der Waals surface area contributed by atoms with Crippen molar-refractivity contribution in [3.63, 3.8) is 0 Å². The largest absolute Gasteiger partial charge is 0.388 e. The maximum Gasteiger partial charge on any atom is 0.227 e. The lowest BCUT2D eigenvalue weighted by Gasteiger charge is -2.08. The van der Waals surface area contributed by atoms with Gasteiger partial charge < -0.3 is 11.1 Å². The third-order valence-electron chi connectivity index (χ3n) is 2.84. The van der Waals surface area contributed by atoms with E-state index >= 15 is 0 Å². The van der Waals surface area contributed by atoms with Crippen LogP contribution < -0.4 is 11.1 Å². The van der Waals surface area contributed by atoms with Crippen LogP contribution in [0.2, 0.25) is 0 Å². The van der Waals surface area contributed by atoms with Crippen LogP contribution in [0.1, 0.15) is 5.69 Å². The first-order valence-corrected chi connectivity index (χ1v) is 6.37. The van der Waals surface area contributed by atoms with Gasteiger partial charge in [-0.25, -0.2) is 9.97 Å². The topological polar surface area (TPSA) is 76.7 Å². The molecule has 20 heavy (non-hydrogen) atoms. The van der Waals surface area contributed by atoms with Crippen LogP contribution >= 0.6 is 12.2 Å². The van der Waals surface area contributed by atoms with Gasteiger partial charge in [0.25, 0.3) is 0 Å². The van der Waals surface area contributed by atoms with Crippen molar-refractivity contribution in [3.8, 4) is 0 Å². The van der Waals surface area contributed by atoms with Crippen LogP contribution in [0, 0.1) is 0 Å². The third kappa shape index (κ3) is 2.41. The highest BCUT2D eigenvalue weighted by Gasteiger charge is 2.05. The summed E-state index contributed by atoms with van der Waals surface area (Å²) >= 11 is 4.91. The van der Waals surface area contributed by atoms with Crippen LogP contribution in [-0.4, -0.2) is 19.9 Å². The molecule has 2 aromatic heterocycles. The fraction of sp³-hybridized carbons (Fsp3) is 0. The molecule has 0 aliphatic carbocycles. The van der Waals surface area contributed by atoms with Gasteiger partial charge >= 0.3 is 0 Å². The Labute approximate surface area is 120 Å². The lowest BCUT2D eigenvalue weighted by atomic mass is 10.1. The summed E-state index contributed by atoms with van der Waals surface area (Å²) in [6.07, 6.45) is 5.18. The predicted molar refractivity (Wildman–Crippen MR) is 82.9 cm³/mol. The summed E-state index contributed by atoms with van der Waals surface area (Å²) < 4.78 is 0. The Morgan fingerprint density at radius 3 is 2.90 bits per heavy atom. The lowest BCUT2D eigenvalue weighted by molar-refractivity contribution is 1.15. The Kier molecular flexibility index (Phi) is 3.22. The first-order chi connectivity index (χ1) is 9.74. The maximum absolute atomic E-state index is 5.57. The van der Waals surface area contributed by atoms with Crippen molar-refractivity contribution >= 4 is 39.6 Å². The number of nitrogens with zero attached hydrogens (tertiary/aromatic N) is 3. The number of rotatable bonds is 3. The molecule has 0 aliphatic heterocycles. The van der Waals surface area contributed by atoms with E-state index in [0.29, 0.717) is 11.6 Å². The van der Waals surface area contributed by atoms with Gasteiger partial charge in [-0.05, 0) is 18.2 Å². The molecule has 1 aromatic carbocycles. The maximum atomic E-state index is 5.57. The molecular formula is C14H11N5S. The summed E-state index contributed by atoms with van der Waals surface area (Å²) in [7, 11) is 0. The van der Waals surface area contributed by atoms with E-state index in [1.165, 1.54) is 0 Å².